The third-order valence-electron chi connectivity index (χ3n) is 4.24. The first-order valence-corrected chi connectivity index (χ1v) is 8.18. The molecule has 0 aliphatic carbocycles. The average molecular weight is 334 g/mol. The number of carbonyl (C=O) groups is 1. The fraction of sp³-hybridized carbons (Fsp3) is 0.529. The fourth-order valence-corrected chi connectivity index (χ4v) is 2.72. The highest BCUT2D eigenvalue weighted by atomic mass is 16.5. The number of amides is 1. The Hall–Kier alpha value is -2.12. The Morgan fingerprint density at radius 2 is 2.29 bits per heavy atom. The van der Waals surface area contributed by atoms with Crippen LogP contribution in [-0.2, 0) is 21.3 Å². The number of oxazole rings is 1. The highest BCUT2D eigenvalue weighted by Crippen LogP contribution is 2.18. The molecule has 1 amide bonds. The summed E-state index contributed by atoms with van der Waals surface area (Å²) in [5.74, 6) is -0.680. The van der Waals surface area contributed by atoms with Gasteiger partial charge in [0.25, 0.3) is 5.91 Å². The molecule has 1 N–H and O–H groups in total. The maximum absolute atomic E-state index is 12.2. The van der Waals surface area contributed by atoms with Crippen LogP contribution in [0.5, 0.6) is 0 Å². The molecule has 7 nitrogen and oxygen atoms in total. The van der Waals surface area contributed by atoms with Gasteiger partial charge in [0.2, 0.25) is 0 Å². The minimum atomic E-state index is -0.589. The summed E-state index contributed by atoms with van der Waals surface area (Å²) in [5.41, 5.74) is 1.67. The van der Waals surface area contributed by atoms with Gasteiger partial charge in [0.1, 0.15) is 6.10 Å². The summed E-state index contributed by atoms with van der Waals surface area (Å²) < 4.78 is 17.7. The van der Waals surface area contributed by atoms with Crippen molar-refractivity contribution in [2.24, 2.45) is 7.05 Å². The van der Waals surface area contributed by atoms with E-state index in [4.69, 9.17) is 13.9 Å². The fourth-order valence-electron chi connectivity index (χ4n) is 2.72. The van der Waals surface area contributed by atoms with E-state index in [1.165, 1.54) is 4.57 Å². The highest BCUT2D eigenvalue weighted by molar-refractivity contribution is 5.95. The van der Waals surface area contributed by atoms with Crippen LogP contribution in [0.2, 0.25) is 0 Å². The molecule has 3 rings (SSSR count). The van der Waals surface area contributed by atoms with E-state index < -0.39 is 11.9 Å². The summed E-state index contributed by atoms with van der Waals surface area (Å²) in [5, 5.41) is 2.77. The molecule has 130 valence electrons. The second kappa shape index (κ2) is 7.19. The number of carbonyl (C=O) groups excluding carboxylic acids is 1. The summed E-state index contributed by atoms with van der Waals surface area (Å²) in [4.78, 5) is 23.7. The van der Waals surface area contributed by atoms with Crippen LogP contribution in [0.25, 0.3) is 11.1 Å². The Bertz CT molecular complexity index is 773. The number of ether oxygens (including phenoxy) is 2. The molecule has 0 spiro atoms. The maximum Gasteiger partial charge on any atom is 0.419 e. The second-order valence-electron chi connectivity index (χ2n) is 6.06. The first kappa shape index (κ1) is 16.7. The maximum atomic E-state index is 12.2. The molecule has 7 heteroatoms. The van der Waals surface area contributed by atoms with Gasteiger partial charge in [-0.3, -0.25) is 9.36 Å². The van der Waals surface area contributed by atoms with Crippen molar-refractivity contribution in [2.45, 2.75) is 38.4 Å². The Morgan fingerprint density at radius 3 is 3.04 bits per heavy atom. The van der Waals surface area contributed by atoms with Crippen LogP contribution in [0.15, 0.2) is 27.4 Å². The Balaban J connectivity index is 1.58. The molecule has 0 radical (unpaired) electrons. The molecule has 0 saturated carbocycles. The molecular weight excluding hydrogens is 312 g/mol. The largest absolute Gasteiger partial charge is 0.419 e. The van der Waals surface area contributed by atoms with Crippen molar-refractivity contribution >= 4 is 22.7 Å². The van der Waals surface area contributed by atoms with Gasteiger partial charge in [0.05, 0.1) is 18.2 Å². The van der Waals surface area contributed by atoms with Gasteiger partial charge in [-0.2, -0.15) is 0 Å². The van der Waals surface area contributed by atoms with Crippen LogP contribution in [0, 0.1) is 0 Å². The predicted octanol–water partition coefficient (Wildman–Crippen LogP) is 2.04. The molecule has 0 unspecified atom stereocenters. The van der Waals surface area contributed by atoms with Gasteiger partial charge in [-0.1, -0.05) is 0 Å². The molecule has 2 aromatic rings. The van der Waals surface area contributed by atoms with Crippen LogP contribution < -0.4 is 11.1 Å². The molecule has 2 heterocycles. The first-order chi connectivity index (χ1) is 11.5. The van der Waals surface area contributed by atoms with Crippen molar-refractivity contribution in [1.82, 2.24) is 4.57 Å². The monoisotopic (exact) mass is 334 g/mol. The molecule has 1 aliphatic heterocycles. The molecule has 1 aromatic heterocycles. The SMILES string of the molecule is C[C@@H](OC[C@@H]1CCCCO1)C(=O)Nc1ccc2c(c1)oc(=O)n2C. The lowest BCUT2D eigenvalue weighted by atomic mass is 10.1. The third kappa shape index (κ3) is 3.68. The summed E-state index contributed by atoms with van der Waals surface area (Å²) in [7, 11) is 1.63. The second-order valence-corrected chi connectivity index (χ2v) is 6.06. The molecule has 1 aromatic carbocycles. The summed E-state index contributed by atoms with van der Waals surface area (Å²) >= 11 is 0. The number of hydrogen-bond acceptors (Lipinski definition) is 5. The number of fused-ring (bicyclic) bond motifs is 1. The van der Waals surface area contributed by atoms with E-state index in [0.717, 1.165) is 25.9 Å². The zero-order valence-corrected chi connectivity index (χ0v) is 13.9. The standard InChI is InChI=1S/C17H22N2O5/c1-11(23-10-13-5-3-4-8-22-13)16(20)18-12-6-7-14-15(9-12)24-17(21)19(14)2/h6-7,9,11,13H,3-5,8,10H2,1-2H3,(H,18,20)/t11-,13+/m1/s1. The minimum absolute atomic E-state index is 0.0731. The van der Waals surface area contributed by atoms with E-state index >= 15 is 0 Å². The number of hydrogen-bond donors (Lipinski definition) is 1. The summed E-state index contributed by atoms with van der Waals surface area (Å²) in [6, 6.07) is 5.09. The third-order valence-corrected chi connectivity index (χ3v) is 4.24. The van der Waals surface area contributed by atoms with Crippen LogP contribution in [-0.4, -0.2) is 35.9 Å². The van der Waals surface area contributed by atoms with Crippen molar-refractivity contribution in [2.75, 3.05) is 18.5 Å². The molecule has 0 bridgehead atoms. The topological polar surface area (TPSA) is 82.7 Å². The quantitative estimate of drug-likeness (QED) is 0.905. The minimum Gasteiger partial charge on any atom is -0.408 e. The molecule has 1 aliphatic rings. The smallest absolute Gasteiger partial charge is 0.408 e. The zero-order valence-electron chi connectivity index (χ0n) is 13.9. The van der Waals surface area contributed by atoms with E-state index in [0.29, 0.717) is 23.4 Å². The van der Waals surface area contributed by atoms with Crippen molar-refractivity contribution in [1.29, 1.82) is 0 Å². The Morgan fingerprint density at radius 1 is 1.46 bits per heavy atom. The molecule has 24 heavy (non-hydrogen) atoms. The van der Waals surface area contributed by atoms with Crippen molar-refractivity contribution in [3.05, 3.63) is 28.7 Å². The number of aryl methyl sites for hydroxylation is 1. The number of benzene rings is 1. The van der Waals surface area contributed by atoms with Gasteiger partial charge in [-0.05, 0) is 38.3 Å². The number of aromatic nitrogens is 1. The van der Waals surface area contributed by atoms with Crippen molar-refractivity contribution < 1.29 is 18.7 Å². The van der Waals surface area contributed by atoms with Gasteiger partial charge in [-0.25, -0.2) is 4.79 Å². The van der Waals surface area contributed by atoms with E-state index in [2.05, 4.69) is 5.32 Å². The Labute approximate surface area is 139 Å². The van der Waals surface area contributed by atoms with Crippen LogP contribution >= 0.6 is 0 Å². The van der Waals surface area contributed by atoms with Gasteiger partial charge in [-0.15, -0.1) is 0 Å². The van der Waals surface area contributed by atoms with E-state index in [1.807, 2.05) is 0 Å². The van der Waals surface area contributed by atoms with E-state index in [-0.39, 0.29) is 12.0 Å². The van der Waals surface area contributed by atoms with Crippen LogP contribution in [0.4, 0.5) is 5.69 Å². The van der Waals surface area contributed by atoms with Crippen LogP contribution in [0.1, 0.15) is 26.2 Å². The van der Waals surface area contributed by atoms with Gasteiger partial charge in [0.15, 0.2) is 5.58 Å². The van der Waals surface area contributed by atoms with Gasteiger partial charge in [0, 0.05) is 25.4 Å². The van der Waals surface area contributed by atoms with E-state index in [9.17, 15) is 9.59 Å². The molecule has 1 fully saturated rings. The van der Waals surface area contributed by atoms with Crippen molar-refractivity contribution in [3.8, 4) is 0 Å². The average Bonchev–Trinajstić information content (AvgIpc) is 2.87. The number of anilines is 1. The first-order valence-electron chi connectivity index (χ1n) is 8.18. The summed E-state index contributed by atoms with van der Waals surface area (Å²) in [6.07, 6.45) is 2.68. The lowest BCUT2D eigenvalue weighted by Gasteiger charge is -2.23. The molecule has 2 atom stereocenters. The normalized spacial score (nSPS) is 19.3. The number of nitrogens with one attached hydrogen (secondary N) is 1. The molecule has 1 saturated heterocycles. The lowest BCUT2D eigenvalue weighted by Crippen LogP contribution is -2.32. The Kier molecular flexibility index (Phi) is 5.01. The number of nitrogens with zero attached hydrogens (tertiary/aromatic N) is 1. The summed E-state index contributed by atoms with van der Waals surface area (Å²) in [6.45, 7) is 2.89. The van der Waals surface area contributed by atoms with Gasteiger partial charge >= 0.3 is 5.76 Å². The zero-order chi connectivity index (χ0) is 17.1. The highest BCUT2D eigenvalue weighted by Gasteiger charge is 2.19. The lowest BCUT2D eigenvalue weighted by molar-refractivity contribution is -0.130. The predicted molar refractivity (Wildman–Crippen MR) is 89.1 cm³/mol. The van der Waals surface area contributed by atoms with Crippen LogP contribution in [0.3, 0.4) is 0 Å². The number of rotatable bonds is 5. The molecular formula is C17H22N2O5. The van der Waals surface area contributed by atoms with E-state index in [1.54, 1.807) is 32.2 Å². The van der Waals surface area contributed by atoms with Crippen molar-refractivity contribution in [3.63, 3.8) is 0 Å². The van der Waals surface area contributed by atoms with Gasteiger partial charge < -0.3 is 19.2 Å².